The van der Waals surface area contributed by atoms with Gasteiger partial charge in [0.05, 0.1) is 12.7 Å². The van der Waals surface area contributed by atoms with E-state index in [1.54, 1.807) is 43.6 Å². The highest BCUT2D eigenvalue weighted by Gasteiger charge is 2.23. The van der Waals surface area contributed by atoms with Crippen LogP contribution in [0.2, 0.25) is 0 Å². The molecule has 1 fully saturated rings. The number of aliphatic hydroxyl groups excluding tert-OH is 2. The number of hydrogen-bond acceptors (Lipinski definition) is 5. The SMILES string of the molecule is C[C@@H](O)CNC(=O)Nc1cc(-c2cccc(NC(=O)c3ccc(C4CC4)cc3)c2CO)cn(C)c1=O. The van der Waals surface area contributed by atoms with Gasteiger partial charge in [-0.3, -0.25) is 9.59 Å². The molecule has 1 aliphatic carbocycles. The van der Waals surface area contributed by atoms with Crippen LogP contribution in [0.1, 0.15) is 47.2 Å². The van der Waals surface area contributed by atoms with Gasteiger partial charge >= 0.3 is 6.03 Å². The fourth-order valence-electron chi connectivity index (χ4n) is 4.02. The van der Waals surface area contributed by atoms with E-state index in [0.29, 0.717) is 33.9 Å². The summed E-state index contributed by atoms with van der Waals surface area (Å²) in [6.07, 6.45) is 3.24. The van der Waals surface area contributed by atoms with Crippen molar-refractivity contribution in [1.29, 1.82) is 0 Å². The average molecular weight is 491 g/mol. The van der Waals surface area contributed by atoms with Gasteiger partial charge in [0.2, 0.25) is 0 Å². The maximum Gasteiger partial charge on any atom is 0.319 e. The van der Waals surface area contributed by atoms with E-state index in [2.05, 4.69) is 16.0 Å². The minimum Gasteiger partial charge on any atom is -0.392 e. The van der Waals surface area contributed by atoms with E-state index in [1.165, 1.54) is 36.0 Å². The Morgan fingerprint density at radius 2 is 1.81 bits per heavy atom. The molecule has 36 heavy (non-hydrogen) atoms. The van der Waals surface area contributed by atoms with Crippen LogP contribution in [0.15, 0.2) is 59.5 Å². The predicted octanol–water partition coefficient (Wildman–Crippen LogP) is 3.18. The lowest BCUT2D eigenvalue weighted by Gasteiger charge is -2.16. The molecule has 1 aliphatic rings. The number of nitrogens with one attached hydrogen (secondary N) is 3. The molecule has 3 amide bonds. The van der Waals surface area contributed by atoms with E-state index in [-0.39, 0.29) is 24.7 Å². The highest BCUT2D eigenvalue weighted by molar-refractivity contribution is 6.05. The zero-order valence-corrected chi connectivity index (χ0v) is 20.2. The Morgan fingerprint density at radius 1 is 1.08 bits per heavy atom. The van der Waals surface area contributed by atoms with Gasteiger partial charge < -0.3 is 30.7 Å². The van der Waals surface area contributed by atoms with Crippen LogP contribution in [0.5, 0.6) is 0 Å². The fourth-order valence-corrected chi connectivity index (χ4v) is 4.02. The summed E-state index contributed by atoms with van der Waals surface area (Å²) < 4.78 is 1.33. The zero-order valence-electron chi connectivity index (χ0n) is 20.2. The number of rotatable bonds is 8. The molecule has 0 radical (unpaired) electrons. The molecule has 9 heteroatoms. The second kappa shape index (κ2) is 10.8. The summed E-state index contributed by atoms with van der Waals surface area (Å²) in [4.78, 5) is 37.6. The molecular weight excluding hydrogens is 460 g/mol. The second-order valence-electron chi connectivity index (χ2n) is 9.08. The first-order chi connectivity index (χ1) is 17.3. The largest absolute Gasteiger partial charge is 0.392 e. The first-order valence-electron chi connectivity index (χ1n) is 11.8. The van der Waals surface area contributed by atoms with Crippen LogP contribution in [-0.4, -0.2) is 39.4 Å². The lowest BCUT2D eigenvalue weighted by molar-refractivity contribution is 0.102. The maximum atomic E-state index is 12.9. The molecule has 1 aromatic heterocycles. The van der Waals surface area contributed by atoms with Crippen molar-refractivity contribution < 1.29 is 19.8 Å². The number of carbonyl (C=O) groups is 2. The zero-order chi connectivity index (χ0) is 25.8. The topological polar surface area (TPSA) is 133 Å². The Labute approximate surface area is 208 Å². The molecule has 1 heterocycles. The van der Waals surface area contributed by atoms with Crippen LogP contribution in [0.3, 0.4) is 0 Å². The van der Waals surface area contributed by atoms with Gasteiger partial charge in [-0.15, -0.1) is 0 Å². The van der Waals surface area contributed by atoms with Crippen LogP contribution in [-0.2, 0) is 13.7 Å². The Hall–Kier alpha value is -3.95. The number of aryl methyl sites for hydroxylation is 1. The first kappa shape index (κ1) is 25.2. The first-order valence-corrected chi connectivity index (χ1v) is 11.8. The van der Waals surface area contributed by atoms with Gasteiger partial charge in [-0.25, -0.2) is 4.79 Å². The van der Waals surface area contributed by atoms with Gasteiger partial charge in [-0.1, -0.05) is 24.3 Å². The van der Waals surface area contributed by atoms with Crippen molar-refractivity contribution in [2.75, 3.05) is 17.2 Å². The minimum atomic E-state index is -0.730. The van der Waals surface area contributed by atoms with E-state index >= 15 is 0 Å². The molecular formula is C27H30N4O5. The molecule has 0 saturated heterocycles. The van der Waals surface area contributed by atoms with Crippen molar-refractivity contribution in [3.63, 3.8) is 0 Å². The molecule has 0 aliphatic heterocycles. The van der Waals surface area contributed by atoms with Gasteiger partial charge in [0, 0.05) is 42.2 Å². The molecule has 3 aromatic rings. The van der Waals surface area contributed by atoms with Gasteiger partial charge in [0.15, 0.2) is 0 Å². The number of aliphatic hydroxyl groups is 2. The van der Waals surface area contributed by atoms with Crippen molar-refractivity contribution in [3.8, 4) is 11.1 Å². The summed E-state index contributed by atoms with van der Waals surface area (Å²) in [6, 6.07) is 13.7. The molecule has 0 bridgehead atoms. The lowest BCUT2D eigenvalue weighted by atomic mass is 9.99. The Bertz CT molecular complexity index is 1330. The molecule has 0 unspecified atom stereocenters. The Morgan fingerprint density at radius 3 is 2.44 bits per heavy atom. The molecule has 0 spiro atoms. The number of urea groups is 1. The summed E-state index contributed by atoms with van der Waals surface area (Å²) in [7, 11) is 1.56. The smallest absolute Gasteiger partial charge is 0.319 e. The normalized spacial score (nSPS) is 13.7. The highest BCUT2D eigenvalue weighted by atomic mass is 16.3. The minimum absolute atomic E-state index is 0.0333. The average Bonchev–Trinajstić information content (AvgIpc) is 3.71. The molecule has 9 nitrogen and oxygen atoms in total. The number of pyridine rings is 1. The Kier molecular flexibility index (Phi) is 7.52. The number of hydrogen-bond donors (Lipinski definition) is 5. The standard InChI is InChI=1S/C27H30N4O5/c1-16(33)13-28-27(36)30-24-12-20(14-31(2)26(24)35)21-4-3-5-23(22(21)15-32)29-25(34)19-10-8-18(9-11-19)17-6-7-17/h3-5,8-12,14,16-17,32-33H,6-7,13,15H2,1-2H3,(H,29,34)(H2,28,30,36)/t16-/m1/s1. The fraction of sp³-hybridized carbons (Fsp3) is 0.296. The third-order valence-corrected chi connectivity index (χ3v) is 6.10. The van der Waals surface area contributed by atoms with Crippen LogP contribution in [0, 0.1) is 0 Å². The third kappa shape index (κ3) is 5.81. The molecule has 5 N–H and O–H groups in total. The van der Waals surface area contributed by atoms with E-state index in [0.717, 1.165) is 0 Å². The van der Waals surface area contributed by atoms with Crippen LogP contribution >= 0.6 is 0 Å². The predicted molar refractivity (Wildman–Crippen MR) is 138 cm³/mol. The van der Waals surface area contributed by atoms with Gasteiger partial charge in [0.25, 0.3) is 11.5 Å². The van der Waals surface area contributed by atoms with Gasteiger partial charge in [0.1, 0.15) is 5.69 Å². The summed E-state index contributed by atoms with van der Waals surface area (Å²) >= 11 is 0. The number of anilines is 2. The van der Waals surface area contributed by atoms with Crippen LogP contribution in [0.4, 0.5) is 16.2 Å². The quantitative estimate of drug-likeness (QED) is 0.331. The van der Waals surface area contributed by atoms with Crippen molar-refractivity contribution in [2.24, 2.45) is 7.05 Å². The molecule has 1 atom stereocenters. The summed E-state index contributed by atoms with van der Waals surface area (Å²) in [5.74, 6) is 0.312. The summed E-state index contributed by atoms with van der Waals surface area (Å²) in [6.45, 7) is 1.21. The van der Waals surface area contributed by atoms with Gasteiger partial charge in [-0.2, -0.15) is 0 Å². The molecule has 188 valence electrons. The number of benzene rings is 2. The third-order valence-electron chi connectivity index (χ3n) is 6.10. The monoisotopic (exact) mass is 490 g/mol. The van der Waals surface area contributed by atoms with E-state index < -0.39 is 17.7 Å². The number of amides is 3. The highest BCUT2D eigenvalue weighted by Crippen LogP contribution is 2.40. The number of nitrogens with zero attached hydrogens (tertiary/aromatic N) is 1. The van der Waals surface area contributed by atoms with Crippen molar-refractivity contribution in [1.82, 2.24) is 9.88 Å². The summed E-state index contributed by atoms with van der Waals surface area (Å²) in [5, 5.41) is 27.4. The lowest BCUT2D eigenvalue weighted by Crippen LogP contribution is -2.36. The van der Waals surface area contributed by atoms with E-state index in [9.17, 15) is 24.6 Å². The van der Waals surface area contributed by atoms with Crippen molar-refractivity contribution in [2.45, 2.75) is 38.4 Å². The Balaban J connectivity index is 1.60. The van der Waals surface area contributed by atoms with E-state index in [4.69, 9.17) is 0 Å². The van der Waals surface area contributed by atoms with Crippen molar-refractivity contribution in [3.05, 3.63) is 81.8 Å². The van der Waals surface area contributed by atoms with Crippen LogP contribution < -0.4 is 21.5 Å². The van der Waals surface area contributed by atoms with Gasteiger partial charge in [-0.05, 0) is 61.1 Å². The van der Waals surface area contributed by atoms with Crippen LogP contribution in [0.25, 0.3) is 11.1 Å². The molecule has 2 aromatic carbocycles. The van der Waals surface area contributed by atoms with Crippen molar-refractivity contribution >= 4 is 23.3 Å². The summed E-state index contributed by atoms with van der Waals surface area (Å²) in [5.41, 5.74) is 3.46. The molecule has 1 saturated carbocycles. The molecule has 4 rings (SSSR count). The second-order valence-corrected chi connectivity index (χ2v) is 9.08. The number of carbonyl (C=O) groups excluding carboxylic acids is 2. The number of aromatic nitrogens is 1. The maximum absolute atomic E-state index is 12.9. The van der Waals surface area contributed by atoms with E-state index in [1.807, 2.05) is 12.1 Å².